The first-order chi connectivity index (χ1) is 14.3. The van der Waals surface area contributed by atoms with E-state index < -0.39 is 11.7 Å². The van der Waals surface area contributed by atoms with Crippen LogP contribution in [0, 0.1) is 18.8 Å². The maximum Gasteiger partial charge on any atom is 0.416 e. The van der Waals surface area contributed by atoms with Crippen molar-refractivity contribution in [2.75, 3.05) is 13.1 Å². The fourth-order valence-corrected chi connectivity index (χ4v) is 4.97. The van der Waals surface area contributed by atoms with Crippen molar-refractivity contribution in [2.24, 2.45) is 11.8 Å². The van der Waals surface area contributed by atoms with Gasteiger partial charge in [0.25, 0.3) is 11.7 Å². The molecule has 1 saturated heterocycles. The number of aryl methyl sites for hydroxylation is 1. The number of halogens is 3. The third-order valence-corrected chi connectivity index (χ3v) is 6.37. The van der Waals surface area contributed by atoms with Gasteiger partial charge in [-0.1, -0.05) is 18.2 Å². The van der Waals surface area contributed by atoms with E-state index in [9.17, 15) is 18.0 Å². The van der Waals surface area contributed by atoms with E-state index in [1.165, 1.54) is 10.6 Å². The van der Waals surface area contributed by atoms with Gasteiger partial charge in [-0.05, 0) is 55.2 Å². The van der Waals surface area contributed by atoms with Crippen molar-refractivity contribution in [3.8, 4) is 0 Å². The van der Waals surface area contributed by atoms with Crippen LogP contribution in [0.5, 0.6) is 0 Å². The molecule has 0 bridgehead atoms. The number of carbonyl (C=O) groups excluding carboxylic acids is 1. The highest BCUT2D eigenvalue weighted by Gasteiger charge is 2.45. The highest BCUT2D eigenvalue weighted by Crippen LogP contribution is 2.48. The molecule has 5 rings (SSSR count). The van der Waals surface area contributed by atoms with Crippen molar-refractivity contribution < 1.29 is 18.0 Å². The van der Waals surface area contributed by atoms with Crippen LogP contribution >= 0.6 is 0 Å². The van der Waals surface area contributed by atoms with Crippen LogP contribution in [-0.4, -0.2) is 43.5 Å². The van der Waals surface area contributed by atoms with Crippen LogP contribution in [0.3, 0.4) is 0 Å². The van der Waals surface area contributed by atoms with Gasteiger partial charge in [-0.25, -0.2) is 9.50 Å². The first kappa shape index (κ1) is 19.0. The Hall–Kier alpha value is -2.97. The Morgan fingerprint density at radius 3 is 2.47 bits per heavy atom. The lowest BCUT2D eigenvalue weighted by molar-refractivity contribution is -0.138. The Bertz CT molecular complexity index is 1110. The number of aromatic nitrogens is 4. The monoisotopic (exact) mass is 415 g/mol. The minimum absolute atomic E-state index is 0.107. The highest BCUT2D eigenvalue weighted by molar-refractivity contribution is 5.91. The summed E-state index contributed by atoms with van der Waals surface area (Å²) in [5.74, 6) is 0.489. The number of alkyl halides is 3. The molecule has 2 aromatic heterocycles. The zero-order valence-corrected chi connectivity index (χ0v) is 16.3. The molecule has 0 spiro atoms. The van der Waals surface area contributed by atoms with Crippen LogP contribution in [0.1, 0.15) is 46.2 Å². The zero-order chi connectivity index (χ0) is 21.0. The lowest BCUT2D eigenvalue weighted by Crippen LogP contribution is -2.30. The molecule has 1 saturated carbocycles. The van der Waals surface area contributed by atoms with Crippen molar-refractivity contribution in [3.05, 3.63) is 59.2 Å². The molecule has 3 atom stereocenters. The minimum Gasteiger partial charge on any atom is -0.335 e. The molecule has 1 unspecified atom stereocenters. The van der Waals surface area contributed by atoms with Gasteiger partial charge in [0, 0.05) is 25.0 Å². The number of likely N-dealkylation sites (tertiary alicyclic amines) is 1. The topological polar surface area (TPSA) is 63.4 Å². The first-order valence-electron chi connectivity index (χ1n) is 9.95. The Labute approximate surface area is 170 Å². The Morgan fingerprint density at radius 1 is 1.10 bits per heavy atom. The summed E-state index contributed by atoms with van der Waals surface area (Å²) in [4.78, 5) is 23.0. The van der Waals surface area contributed by atoms with E-state index in [1.54, 1.807) is 29.3 Å². The number of carbonyl (C=O) groups is 1. The maximum absolute atomic E-state index is 13.4. The quantitative estimate of drug-likeness (QED) is 0.640. The third-order valence-electron chi connectivity index (χ3n) is 6.37. The molecule has 30 heavy (non-hydrogen) atoms. The van der Waals surface area contributed by atoms with Crippen molar-refractivity contribution in [2.45, 2.75) is 31.9 Å². The molecular weight excluding hydrogens is 395 g/mol. The first-order valence-corrected chi connectivity index (χ1v) is 9.95. The number of nitrogens with zero attached hydrogens (tertiary/aromatic N) is 5. The van der Waals surface area contributed by atoms with Crippen LogP contribution in [0.4, 0.5) is 13.2 Å². The van der Waals surface area contributed by atoms with Crippen molar-refractivity contribution in [3.63, 3.8) is 0 Å². The van der Waals surface area contributed by atoms with Gasteiger partial charge in [-0.2, -0.15) is 18.2 Å². The van der Waals surface area contributed by atoms with Crippen LogP contribution in [0.15, 0.2) is 36.5 Å². The summed E-state index contributed by atoms with van der Waals surface area (Å²) in [7, 11) is 0. The summed E-state index contributed by atoms with van der Waals surface area (Å²) in [5.41, 5.74) is 0.663. The molecule has 6 nitrogen and oxygen atoms in total. The molecule has 2 aliphatic rings. The second-order valence-corrected chi connectivity index (χ2v) is 8.22. The van der Waals surface area contributed by atoms with Gasteiger partial charge in [0.15, 0.2) is 0 Å². The second-order valence-electron chi connectivity index (χ2n) is 8.22. The summed E-state index contributed by atoms with van der Waals surface area (Å²) in [6.07, 6.45) is -1.42. The van der Waals surface area contributed by atoms with E-state index in [0.29, 0.717) is 37.3 Å². The van der Waals surface area contributed by atoms with Crippen LogP contribution < -0.4 is 0 Å². The van der Waals surface area contributed by atoms with E-state index in [-0.39, 0.29) is 29.5 Å². The van der Waals surface area contributed by atoms with Gasteiger partial charge >= 0.3 is 6.18 Å². The second kappa shape index (κ2) is 6.78. The minimum atomic E-state index is -4.35. The van der Waals surface area contributed by atoms with Gasteiger partial charge < -0.3 is 4.90 Å². The largest absolute Gasteiger partial charge is 0.416 e. The van der Waals surface area contributed by atoms with E-state index in [2.05, 4.69) is 15.1 Å². The summed E-state index contributed by atoms with van der Waals surface area (Å²) in [6, 6.07) is 7.63. The Balaban J connectivity index is 1.32. The van der Waals surface area contributed by atoms with Crippen LogP contribution in [0.2, 0.25) is 0 Å². The van der Waals surface area contributed by atoms with Gasteiger partial charge in [0.2, 0.25) is 5.82 Å². The average Bonchev–Trinajstić information content (AvgIpc) is 3.40. The van der Waals surface area contributed by atoms with Gasteiger partial charge in [0.1, 0.15) is 0 Å². The predicted molar refractivity (Wildman–Crippen MR) is 102 cm³/mol. The van der Waals surface area contributed by atoms with E-state index >= 15 is 0 Å². The van der Waals surface area contributed by atoms with Crippen molar-refractivity contribution >= 4 is 11.7 Å². The highest BCUT2D eigenvalue weighted by atomic mass is 19.4. The molecule has 3 aromatic rings. The summed E-state index contributed by atoms with van der Waals surface area (Å²) in [5, 5.41) is 4.28. The van der Waals surface area contributed by atoms with Crippen molar-refractivity contribution in [1.82, 2.24) is 24.5 Å². The fourth-order valence-electron chi connectivity index (χ4n) is 4.97. The summed E-state index contributed by atoms with van der Waals surface area (Å²) in [6.45, 7) is 2.91. The lowest BCUT2D eigenvalue weighted by Gasteiger charge is -2.21. The molecule has 1 aliphatic heterocycles. The van der Waals surface area contributed by atoms with E-state index in [4.69, 9.17) is 0 Å². The smallest absolute Gasteiger partial charge is 0.335 e. The molecular formula is C21H20F3N5O. The van der Waals surface area contributed by atoms with Gasteiger partial charge in [0.05, 0.1) is 5.56 Å². The zero-order valence-electron chi connectivity index (χ0n) is 16.3. The molecule has 156 valence electrons. The molecule has 0 radical (unpaired) electrons. The van der Waals surface area contributed by atoms with Crippen LogP contribution in [-0.2, 0) is 6.18 Å². The molecule has 2 fully saturated rings. The molecule has 3 heterocycles. The molecule has 1 amide bonds. The normalized spacial score (nSPS) is 23.9. The average molecular weight is 415 g/mol. The SMILES string of the molecule is Cc1ccnc2nc(C(=O)N3C[C@H]4CC(c5ccccc5C(F)(F)F)C[C@H]4C3)nn12. The molecule has 1 aliphatic carbocycles. The molecule has 9 heteroatoms. The van der Waals surface area contributed by atoms with E-state index in [1.807, 2.05) is 6.92 Å². The maximum atomic E-state index is 13.4. The Morgan fingerprint density at radius 2 is 1.80 bits per heavy atom. The number of rotatable bonds is 2. The fraction of sp³-hybridized carbons (Fsp3) is 0.429. The molecule has 0 N–H and O–H groups in total. The van der Waals surface area contributed by atoms with E-state index in [0.717, 1.165) is 11.8 Å². The number of amides is 1. The number of benzene rings is 1. The third kappa shape index (κ3) is 3.12. The predicted octanol–water partition coefficient (Wildman–Crippen LogP) is 3.72. The molecule has 1 aromatic carbocycles. The summed E-state index contributed by atoms with van der Waals surface area (Å²) >= 11 is 0. The van der Waals surface area contributed by atoms with Crippen LogP contribution in [0.25, 0.3) is 5.78 Å². The van der Waals surface area contributed by atoms with Gasteiger partial charge in [-0.3, -0.25) is 4.79 Å². The summed E-state index contributed by atoms with van der Waals surface area (Å²) < 4.78 is 41.7. The van der Waals surface area contributed by atoms with Crippen molar-refractivity contribution in [1.29, 1.82) is 0 Å². The Kier molecular flexibility index (Phi) is 4.30. The number of hydrogen-bond acceptors (Lipinski definition) is 4. The number of hydrogen-bond donors (Lipinski definition) is 0. The number of fused-ring (bicyclic) bond motifs is 2. The standard InChI is InChI=1S/C21H20F3N5O/c1-12-6-7-25-20-26-18(27-29(12)20)19(30)28-10-14-8-13(9-15(14)11-28)16-4-2-3-5-17(16)21(22,23)24/h2-7,13-15H,8-11H2,1H3/t13?,14-,15+. The van der Waals surface area contributed by atoms with Gasteiger partial charge in [-0.15, -0.1) is 5.10 Å². The lowest BCUT2D eigenvalue weighted by atomic mass is 9.91.